The fourth-order valence-electron chi connectivity index (χ4n) is 3.19. The summed E-state index contributed by atoms with van der Waals surface area (Å²) in [4.78, 5) is 0. The quantitative estimate of drug-likeness (QED) is 0.444. The van der Waals surface area contributed by atoms with Crippen LogP contribution in [0.5, 0.6) is 0 Å². The summed E-state index contributed by atoms with van der Waals surface area (Å²) in [6.45, 7) is 6.97. The van der Waals surface area contributed by atoms with Crippen molar-refractivity contribution >= 4 is 0 Å². The van der Waals surface area contributed by atoms with Crippen molar-refractivity contribution in [2.24, 2.45) is 5.92 Å². The molecule has 0 amide bonds. The molecule has 1 heteroatoms. The van der Waals surface area contributed by atoms with Crippen molar-refractivity contribution in [1.29, 1.82) is 0 Å². The molecule has 2 aliphatic rings. The van der Waals surface area contributed by atoms with Gasteiger partial charge in [-0.1, -0.05) is 58.8 Å². The maximum absolute atomic E-state index is 2.48. The van der Waals surface area contributed by atoms with Gasteiger partial charge in [0, 0.05) is 0 Å². The predicted octanol–water partition coefficient (Wildman–Crippen LogP) is 5.79. The molecule has 0 nitrogen and oxygen atoms in total. The molecular weight excluding hydrogens is 252 g/mol. The summed E-state index contributed by atoms with van der Waals surface area (Å²) in [6, 6.07) is 0. The van der Waals surface area contributed by atoms with Gasteiger partial charge in [0.25, 0.3) is 0 Å². The molecule has 0 radical (unpaired) electrons. The van der Waals surface area contributed by atoms with E-state index < -0.39 is 0 Å². The van der Waals surface area contributed by atoms with E-state index in [0.29, 0.717) is 0 Å². The second-order valence-corrected chi connectivity index (χ2v) is 4.51. The topological polar surface area (TPSA) is 0 Å². The molecule has 0 saturated carbocycles. The Hall–Kier alpha value is 0.0643. The average Bonchev–Trinajstić information content (AvgIpc) is 2.49. The van der Waals surface area contributed by atoms with E-state index in [9.17, 15) is 0 Å². The van der Waals surface area contributed by atoms with E-state index >= 15 is 0 Å². The molecule has 0 aliphatic heterocycles. The SMILES string of the molecule is CCC1=C(C)C(CC)C2=C1[CH-]CCC2.[CH3-].[CH3-].[CH3-].[Ti+4]. The molecule has 1 atom stereocenters. The van der Waals surface area contributed by atoms with Crippen molar-refractivity contribution in [2.75, 3.05) is 0 Å². The maximum Gasteiger partial charge on any atom is 4.00 e. The minimum absolute atomic E-state index is 0. The minimum Gasteiger partial charge on any atom is -0.358 e. The molecule has 0 aromatic carbocycles. The first-order valence-corrected chi connectivity index (χ1v) is 6.05. The zero-order valence-electron chi connectivity index (χ0n) is 13.2. The standard InChI is InChI=1S/C14H21.3CH3.Ti/c1-4-11-10(3)12(5-2)14-9-7-6-8-13(11)14;;;;/h8,12H,4-7,9H2,1-3H3;3*1H3;/q4*-1;+4. The summed E-state index contributed by atoms with van der Waals surface area (Å²) in [6.07, 6.45) is 9.02. The van der Waals surface area contributed by atoms with Crippen LogP contribution in [0.2, 0.25) is 0 Å². The number of hydrogen-bond donors (Lipinski definition) is 0. The van der Waals surface area contributed by atoms with Crippen molar-refractivity contribution in [3.63, 3.8) is 0 Å². The summed E-state index contributed by atoms with van der Waals surface area (Å²) in [5.41, 5.74) is 6.72. The van der Waals surface area contributed by atoms with E-state index in [4.69, 9.17) is 0 Å². The number of rotatable bonds is 2. The van der Waals surface area contributed by atoms with Crippen LogP contribution in [-0.2, 0) is 21.7 Å². The normalized spacial score (nSPS) is 20.7. The smallest absolute Gasteiger partial charge is 0.358 e. The molecule has 0 spiro atoms. The van der Waals surface area contributed by atoms with E-state index in [2.05, 4.69) is 27.2 Å². The van der Waals surface area contributed by atoms with Gasteiger partial charge in [0.15, 0.2) is 0 Å². The largest absolute Gasteiger partial charge is 4.00 e. The van der Waals surface area contributed by atoms with E-state index in [1.807, 2.05) is 0 Å². The Bertz CT molecular complexity index is 297. The van der Waals surface area contributed by atoms with Gasteiger partial charge in [0.1, 0.15) is 0 Å². The second-order valence-electron chi connectivity index (χ2n) is 4.51. The van der Waals surface area contributed by atoms with Crippen LogP contribution < -0.4 is 0 Å². The second kappa shape index (κ2) is 9.92. The Kier molecular flexibility index (Phi) is 12.8. The Morgan fingerprint density at radius 1 is 1.17 bits per heavy atom. The van der Waals surface area contributed by atoms with Crippen LogP contribution in [0.3, 0.4) is 0 Å². The fourth-order valence-corrected chi connectivity index (χ4v) is 3.19. The van der Waals surface area contributed by atoms with Gasteiger partial charge < -0.3 is 22.3 Å². The third-order valence-corrected chi connectivity index (χ3v) is 3.85. The zero-order valence-corrected chi connectivity index (χ0v) is 14.8. The molecule has 2 aliphatic carbocycles. The van der Waals surface area contributed by atoms with Crippen LogP contribution in [0.4, 0.5) is 0 Å². The Labute approximate surface area is 131 Å². The number of allylic oxidation sites excluding steroid dienone is 4. The molecule has 102 valence electrons. The summed E-state index contributed by atoms with van der Waals surface area (Å²) < 4.78 is 0. The van der Waals surface area contributed by atoms with Gasteiger partial charge in [-0.2, -0.15) is 23.1 Å². The molecule has 18 heavy (non-hydrogen) atoms. The summed E-state index contributed by atoms with van der Waals surface area (Å²) in [7, 11) is 0. The Balaban J connectivity index is -0.000000562. The van der Waals surface area contributed by atoms with Crippen molar-refractivity contribution in [3.8, 4) is 0 Å². The summed E-state index contributed by atoms with van der Waals surface area (Å²) >= 11 is 0. The first-order chi connectivity index (χ1) is 6.79. The monoisotopic (exact) mass is 282 g/mol. The molecule has 0 aromatic heterocycles. The third-order valence-electron chi connectivity index (χ3n) is 3.85. The van der Waals surface area contributed by atoms with Crippen LogP contribution in [0.25, 0.3) is 0 Å². The molecule has 0 heterocycles. The van der Waals surface area contributed by atoms with E-state index in [1.54, 1.807) is 22.3 Å². The fraction of sp³-hybridized carbons (Fsp3) is 0.529. The van der Waals surface area contributed by atoms with Gasteiger partial charge in [-0.15, -0.1) is 5.57 Å². The molecule has 0 saturated heterocycles. The molecule has 0 aromatic rings. The molecule has 0 bridgehead atoms. The van der Waals surface area contributed by atoms with Crippen LogP contribution in [0, 0.1) is 34.6 Å². The molecule has 0 fully saturated rings. The van der Waals surface area contributed by atoms with Gasteiger partial charge >= 0.3 is 21.7 Å². The first-order valence-electron chi connectivity index (χ1n) is 6.05. The summed E-state index contributed by atoms with van der Waals surface area (Å²) in [5.74, 6) is 0.788. The van der Waals surface area contributed by atoms with Crippen molar-refractivity contribution in [3.05, 3.63) is 51.0 Å². The predicted molar refractivity (Wildman–Crippen MR) is 81.2 cm³/mol. The minimum atomic E-state index is 0. The van der Waals surface area contributed by atoms with E-state index in [-0.39, 0.29) is 44.0 Å². The van der Waals surface area contributed by atoms with Crippen LogP contribution in [0.15, 0.2) is 22.3 Å². The van der Waals surface area contributed by atoms with Crippen molar-refractivity contribution < 1.29 is 21.7 Å². The van der Waals surface area contributed by atoms with Gasteiger partial charge in [0.2, 0.25) is 0 Å². The third kappa shape index (κ3) is 3.78. The molecular formula is C17H30Ti. The van der Waals surface area contributed by atoms with E-state index in [1.165, 1.54) is 32.1 Å². The van der Waals surface area contributed by atoms with Gasteiger partial charge in [-0.3, -0.25) is 0 Å². The number of hydrogen-bond acceptors (Lipinski definition) is 0. The zero-order chi connectivity index (χ0) is 10.1. The Morgan fingerprint density at radius 3 is 2.28 bits per heavy atom. The van der Waals surface area contributed by atoms with Crippen LogP contribution >= 0.6 is 0 Å². The van der Waals surface area contributed by atoms with Gasteiger partial charge in [-0.25, -0.2) is 0 Å². The molecule has 0 N–H and O–H groups in total. The maximum atomic E-state index is 2.48. The summed E-state index contributed by atoms with van der Waals surface area (Å²) in [5, 5.41) is 0. The van der Waals surface area contributed by atoms with E-state index in [0.717, 1.165) is 5.92 Å². The van der Waals surface area contributed by atoms with Gasteiger partial charge in [-0.05, 0) is 0 Å². The van der Waals surface area contributed by atoms with Crippen molar-refractivity contribution in [2.45, 2.75) is 52.9 Å². The first kappa shape index (κ1) is 23.2. The van der Waals surface area contributed by atoms with Gasteiger partial charge in [0.05, 0.1) is 0 Å². The van der Waals surface area contributed by atoms with Crippen LogP contribution in [0.1, 0.15) is 52.9 Å². The Morgan fingerprint density at radius 2 is 1.78 bits per heavy atom. The van der Waals surface area contributed by atoms with Crippen molar-refractivity contribution in [1.82, 2.24) is 0 Å². The average molecular weight is 282 g/mol. The van der Waals surface area contributed by atoms with Crippen LogP contribution in [-0.4, -0.2) is 0 Å². The molecule has 2 rings (SSSR count). The molecule has 1 unspecified atom stereocenters.